The predicted octanol–water partition coefficient (Wildman–Crippen LogP) is 3.42. The van der Waals surface area contributed by atoms with Gasteiger partial charge in [0.15, 0.2) is 17.5 Å². The number of hydrogen-bond donors (Lipinski definition) is 2. The van der Waals surface area contributed by atoms with Crippen LogP contribution in [-0.2, 0) is 17.8 Å². The fourth-order valence-electron chi connectivity index (χ4n) is 3.37. The maximum Gasteiger partial charge on any atom is 0.246 e. The van der Waals surface area contributed by atoms with Crippen molar-refractivity contribution in [1.82, 2.24) is 10.2 Å². The summed E-state index contributed by atoms with van der Waals surface area (Å²) in [4.78, 5) is 18.9. The van der Waals surface area contributed by atoms with Gasteiger partial charge in [0.05, 0.1) is 14.2 Å². The zero-order chi connectivity index (χ0) is 21.5. The molecule has 1 heterocycles. The lowest BCUT2D eigenvalue weighted by molar-refractivity contribution is -0.114. The molecule has 0 aliphatic carbocycles. The fourth-order valence-corrected chi connectivity index (χ4v) is 3.37. The number of fused-ring (bicyclic) bond motifs is 1. The monoisotopic (exact) mass is 542 g/mol. The molecule has 0 saturated carbocycles. The van der Waals surface area contributed by atoms with Gasteiger partial charge in [0.2, 0.25) is 5.91 Å². The summed E-state index contributed by atoms with van der Waals surface area (Å²) in [6.07, 6.45) is 0.835. The smallest absolute Gasteiger partial charge is 0.246 e. The molecule has 1 aliphatic heterocycles. The lowest BCUT2D eigenvalue weighted by atomic mass is 9.99. The fraction of sp³-hybridized carbons (Fsp3) is 0.364. The summed E-state index contributed by atoms with van der Waals surface area (Å²) >= 11 is 0. The van der Waals surface area contributed by atoms with Gasteiger partial charge < -0.3 is 25.0 Å². The molecule has 2 N–H and O–H groups in total. The van der Waals surface area contributed by atoms with Crippen LogP contribution in [0.5, 0.6) is 11.5 Å². The highest BCUT2D eigenvalue weighted by atomic mass is 127. The molecule has 0 aromatic heterocycles. The average molecular weight is 542 g/mol. The zero-order valence-electron chi connectivity index (χ0n) is 17.9. The van der Waals surface area contributed by atoms with Crippen molar-refractivity contribution >= 4 is 41.5 Å². The quantitative estimate of drug-likeness (QED) is 0.333. The first-order valence-corrected chi connectivity index (χ1v) is 9.86. The summed E-state index contributed by atoms with van der Waals surface area (Å²) in [5.74, 6) is 1.48. The van der Waals surface area contributed by atoms with E-state index in [2.05, 4.69) is 20.5 Å². The SMILES string of the molecule is CCNC(=NCC(=O)Nc1ccc(F)cc1)N1CCc2cc(OC)c(OC)cc2C1.I. The van der Waals surface area contributed by atoms with Crippen LogP contribution in [0.4, 0.5) is 10.1 Å². The van der Waals surface area contributed by atoms with Gasteiger partial charge in [-0.2, -0.15) is 0 Å². The van der Waals surface area contributed by atoms with Crippen molar-refractivity contribution in [3.05, 3.63) is 53.3 Å². The Kier molecular flexibility index (Phi) is 9.35. The van der Waals surface area contributed by atoms with Crippen molar-refractivity contribution in [2.45, 2.75) is 19.9 Å². The van der Waals surface area contributed by atoms with Crippen LogP contribution in [0.25, 0.3) is 0 Å². The van der Waals surface area contributed by atoms with Crippen LogP contribution >= 0.6 is 24.0 Å². The van der Waals surface area contributed by atoms with Crippen LogP contribution in [0, 0.1) is 5.82 Å². The minimum Gasteiger partial charge on any atom is -0.493 e. The number of hydrogen-bond acceptors (Lipinski definition) is 4. The van der Waals surface area contributed by atoms with Crippen LogP contribution in [0.1, 0.15) is 18.1 Å². The maximum atomic E-state index is 13.0. The number of methoxy groups -OCH3 is 2. The molecule has 0 spiro atoms. The molecule has 7 nitrogen and oxygen atoms in total. The van der Waals surface area contributed by atoms with Crippen molar-refractivity contribution in [3.63, 3.8) is 0 Å². The summed E-state index contributed by atoms with van der Waals surface area (Å²) < 4.78 is 23.8. The van der Waals surface area contributed by atoms with Crippen LogP contribution in [0.15, 0.2) is 41.4 Å². The van der Waals surface area contributed by atoms with E-state index in [9.17, 15) is 9.18 Å². The number of benzene rings is 2. The molecule has 0 atom stereocenters. The Morgan fingerprint density at radius 1 is 1.13 bits per heavy atom. The van der Waals surface area contributed by atoms with E-state index in [1.165, 1.54) is 29.8 Å². The van der Waals surface area contributed by atoms with E-state index in [1.807, 2.05) is 19.1 Å². The molecule has 3 rings (SSSR count). The zero-order valence-corrected chi connectivity index (χ0v) is 20.2. The second-order valence-electron chi connectivity index (χ2n) is 6.87. The number of guanidine groups is 1. The van der Waals surface area contributed by atoms with Crippen LogP contribution < -0.4 is 20.1 Å². The maximum absolute atomic E-state index is 13.0. The lowest BCUT2D eigenvalue weighted by Gasteiger charge is -2.32. The van der Waals surface area contributed by atoms with Crippen LogP contribution in [-0.4, -0.2) is 50.6 Å². The number of halogens is 2. The van der Waals surface area contributed by atoms with Crippen molar-refractivity contribution < 1.29 is 18.7 Å². The molecule has 0 fully saturated rings. The topological polar surface area (TPSA) is 75.2 Å². The molecule has 1 aliphatic rings. The molecule has 2 aromatic rings. The van der Waals surface area contributed by atoms with Crippen molar-refractivity contribution in [1.29, 1.82) is 0 Å². The van der Waals surface area contributed by atoms with E-state index in [4.69, 9.17) is 9.47 Å². The molecule has 0 saturated heterocycles. The number of nitrogens with one attached hydrogen (secondary N) is 2. The third-order valence-corrected chi connectivity index (χ3v) is 4.85. The molecule has 0 unspecified atom stereocenters. The molecule has 0 bridgehead atoms. The summed E-state index contributed by atoms with van der Waals surface area (Å²) in [7, 11) is 3.25. The van der Waals surface area contributed by atoms with Gasteiger partial charge in [-0.1, -0.05) is 0 Å². The van der Waals surface area contributed by atoms with Gasteiger partial charge in [-0.3, -0.25) is 4.79 Å². The number of anilines is 1. The highest BCUT2D eigenvalue weighted by Gasteiger charge is 2.22. The number of carbonyl (C=O) groups excluding carboxylic acids is 1. The molecular formula is C22H28FIN4O3. The molecule has 2 aromatic carbocycles. The van der Waals surface area contributed by atoms with Crippen molar-refractivity contribution in [2.24, 2.45) is 4.99 Å². The average Bonchev–Trinajstić information content (AvgIpc) is 2.76. The minimum absolute atomic E-state index is 0. The summed E-state index contributed by atoms with van der Waals surface area (Å²) in [6, 6.07) is 9.66. The highest BCUT2D eigenvalue weighted by Crippen LogP contribution is 2.33. The van der Waals surface area contributed by atoms with E-state index in [-0.39, 0.29) is 42.2 Å². The van der Waals surface area contributed by atoms with Gasteiger partial charge in [-0.25, -0.2) is 9.38 Å². The van der Waals surface area contributed by atoms with Gasteiger partial charge in [0.1, 0.15) is 12.4 Å². The van der Waals surface area contributed by atoms with Crippen LogP contribution in [0.2, 0.25) is 0 Å². The molecule has 31 heavy (non-hydrogen) atoms. The van der Waals surface area contributed by atoms with Crippen LogP contribution in [0.3, 0.4) is 0 Å². The van der Waals surface area contributed by atoms with Crippen molar-refractivity contribution in [3.8, 4) is 11.5 Å². The number of rotatable bonds is 6. The van der Waals surface area contributed by atoms with E-state index in [0.717, 1.165) is 24.3 Å². The molecular weight excluding hydrogens is 514 g/mol. The number of ether oxygens (including phenoxy) is 2. The van der Waals surface area contributed by atoms with Gasteiger partial charge in [0, 0.05) is 25.3 Å². The second-order valence-corrected chi connectivity index (χ2v) is 6.87. The van der Waals surface area contributed by atoms with E-state index in [1.54, 1.807) is 14.2 Å². The number of carbonyl (C=O) groups is 1. The number of amides is 1. The minimum atomic E-state index is -0.347. The Bertz CT molecular complexity index is 922. The van der Waals surface area contributed by atoms with E-state index in [0.29, 0.717) is 30.5 Å². The van der Waals surface area contributed by atoms with Gasteiger partial charge in [-0.05, 0) is 60.9 Å². The summed E-state index contributed by atoms with van der Waals surface area (Å²) in [5.41, 5.74) is 2.89. The predicted molar refractivity (Wildman–Crippen MR) is 130 cm³/mol. The normalized spacial score (nSPS) is 13.0. The Hall–Kier alpha value is -2.56. The van der Waals surface area contributed by atoms with Gasteiger partial charge >= 0.3 is 0 Å². The number of aliphatic imine (C=N–C) groups is 1. The second kappa shape index (κ2) is 11.7. The Morgan fingerprint density at radius 3 is 2.39 bits per heavy atom. The Morgan fingerprint density at radius 2 is 1.77 bits per heavy atom. The molecule has 0 radical (unpaired) electrons. The van der Waals surface area contributed by atoms with Gasteiger partial charge in [-0.15, -0.1) is 24.0 Å². The van der Waals surface area contributed by atoms with Crippen molar-refractivity contribution in [2.75, 3.05) is 39.2 Å². The molecule has 9 heteroatoms. The summed E-state index contributed by atoms with van der Waals surface area (Å²) in [5, 5.41) is 5.97. The van der Waals surface area contributed by atoms with E-state index >= 15 is 0 Å². The standard InChI is InChI=1S/C22H27FN4O3.HI/c1-4-24-22(25-13-21(28)26-18-7-5-17(23)6-8-18)27-10-9-15-11-19(29-2)20(30-3)12-16(15)14-27;/h5-8,11-12H,4,9-10,13-14H2,1-3H3,(H,24,25)(H,26,28);1H. The summed E-state index contributed by atoms with van der Waals surface area (Å²) in [6.45, 7) is 4.07. The Labute approximate surface area is 199 Å². The van der Waals surface area contributed by atoms with Gasteiger partial charge in [0.25, 0.3) is 0 Å². The lowest BCUT2D eigenvalue weighted by Crippen LogP contribution is -2.44. The largest absolute Gasteiger partial charge is 0.493 e. The third-order valence-electron chi connectivity index (χ3n) is 4.85. The van der Waals surface area contributed by atoms with E-state index < -0.39 is 0 Å². The third kappa shape index (κ3) is 6.46. The first kappa shape index (κ1) is 24.7. The number of nitrogens with zero attached hydrogens (tertiary/aromatic N) is 2. The highest BCUT2D eigenvalue weighted by molar-refractivity contribution is 14.0. The molecule has 1 amide bonds. The first-order chi connectivity index (χ1) is 14.5. The molecule has 168 valence electrons. The Balaban J connectivity index is 0.00000341. The first-order valence-electron chi connectivity index (χ1n) is 9.86.